The number of carbonyl (C=O) groups is 1. The second-order valence-electron chi connectivity index (χ2n) is 5.14. The summed E-state index contributed by atoms with van der Waals surface area (Å²) in [7, 11) is 0. The average Bonchev–Trinajstić information content (AvgIpc) is 2.57. The highest BCUT2D eigenvalue weighted by Crippen LogP contribution is 2.30. The van der Waals surface area contributed by atoms with Crippen LogP contribution in [0.15, 0.2) is 36.5 Å². The molecule has 0 radical (unpaired) electrons. The van der Waals surface area contributed by atoms with Gasteiger partial charge in [0.05, 0.1) is 24.8 Å². The van der Waals surface area contributed by atoms with Crippen molar-refractivity contribution in [3.63, 3.8) is 0 Å². The fourth-order valence-corrected chi connectivity index (χ4v) is 2.32. The average molecular weight is 349 g/mol. The van der Waals surface area contributed by atoms with Crippen molar-refractivity contribution in [1.82, 2.24) is 10.3 Å². The van der Waals surface area contributed by atoms with E-state index in [2.05, 4.69) is 10.3 Å². The maximum absolute atomic E-state index is 12.3. The van der Waals surface area contributed by atoms with Crippen molar-refractivity contribution in [2.75, 3.05) is 13.2 Å². The van der Waals surface area contributed by atoms with E-state index in [-0.39, 0.29) is 11.9 Å². The molecule has 1 aromatic heterocycles. The topological polar surface area (TPSA) is 60.5 Å². The molecule has 0 aliphatic heterocycles. The van der Waals surface area contributed by atoms with E-state index < -0.39 is 0 Å². The second-order valence-corrected chi connectivity index (χ2v) is 5.52. The molecule has 0 spiro atoms. The van der Waals surface area contributed by atoms with Crippen molar-refractivity contribution < 1.29 is 14.3 Å². The van der Waals surface area contributed by atoms with E-state index in [1.54, 1.807) is 12.1 Å². The molecule has 1 amide bonds. The largest absolute Gasteiger partial charge is 0.490 e. The van der Waals surface area contributed by atoms with Crippen LogP contribution >= 0.6 is 11.6 Å². The predicted octanol–water partition coefficient (Wildman–Crippen LogP) is 4.02. The van der Waals surface area contributed by atoms with Crippen molar-refractivity contribution >= 4 is 17.5 Å². The lowest BCUT2D eigenvalue weighted by atomic mass is 10.1. The van der Waals surface area contributed by atoms with Crippen LogP contribution in [0.25, 0.3) is 0 Å². The fourth-order valence-electron chi connectivity index (χ4n) is 2.21. The van der Waals surface area contributed by atoms with Gasteiger partial charge in [0.2, 0.25) is 0 Å². The Hall–Kier alpha value is -2.27. The molecule has 24 heavy (non-hydrogen) atoms. The number of hydrogen-bond donors (Lipinski definition) is 1. The zero-order valence-electron chi connectivity index (χ0n) is 14.0. The molecule has 2 rings (SSSR count). The van der Waals surface area contributed by atoms with E-state index in [1.165, 1.54) is 6.20 Å². The van der Waals surface area contributed by atoms with Crippen LogP contribution in [0, 0.1) is 0 Å². The van der Waals surface area contributed by atoms with Crippen molar-refractivity contribution in [3.8, 4) is 11.5 Å². The lowest BCUT2D eigenvalue weighted by Crippen LogP contribution is -2.26. The summed E-state index contributed by atoms with van der Waals surface area (Å²) < 4.78 is 11.2. The van der Waals surface area contributed by atoms with Gasteiger partial charge in [0.1, 0.15) is 5.15 Å². The molecule has 1 aromatic carbocycles. The minimum atomic E-state index is -0.210. The smallest absolute Gasteiger partial charge is 0.253 e. The molecule has 0 aliphatic rings. The Morgan fingerprint density at radius 1 is 1.17 bits per heavy atom. The normalized spacial score (nSPS) is 11.7. The Morgan fingerprint density at radius 3 is 2.50 bits per heavy atom. The first-order chi connectivity index (χ1) is 11.5. The number of amides is 1. The number of nitrogens with zero attached hydrogens (tertiary/aromatic N) is 1. The van der Waals surface area contributed by atoms with Gasteiger partial charge in [-0.05, 0) is 50.6 Å². The van der Waals surface area contributed by atoms with Crippen LogP contribution in [-0.4, -0.2) is 24.1 Å². The molecule has 128 valence electrons. The monoisotopic (exact) mass is 348 g/mol. The van der Waals surface area contributed by atoms with Gasteiger partial charge < -0.3 is 14.8 Å². The van der Waals surface area contributed by atoms with Crippen LogP contribution in [0.3, 0.4) is 0 Å². The Bertz CT molecular complexity index is 689. The van der Waals surface area contributed by atoms with Crippen LogP contribution in [0.1, 0.15) is 42.7 Å². The zero-order chi connectivity index (χ0) is 17.5. The molecule has 2 aromatic rings. The Morgan fingerprint density at radius 2 is 1.88 bits per heavy atom. The highest BCUT2D eigenvalue weighted by atomic mass is 35.5. The molecule has 0 fully saturated rings. The maximum Gasteiger partial charge on any atom is 0.253 e. The first-order valence-electron chi connectivity index (χ1n) is 7.87. The van der Waals surface area contributed by atoms with Crippen LogP contribution in [0.5, 0.6) is 11.5 Å². The lowest BCUT2D eigenvalue weighted by molar-refractivity contribution is 0.0939. The van der Waals surface area contributed by atoms with E-state index in [0.29, 0.717) is 35.4 Å². The summed E-state index contributed by atoms with van der Waals surface area (Å²) in [5, 5.41) is 3.29. The van der Waals surface area contributed by atoms with Gasteiger partial charge in [-0.1, -0.05) is 17.7 Å². The number of ether oxygens (including phenoxy) is 2. The van der Waals surface area contributed by atoms with E-state index in [4.69, 9.17) is 21.1 Å². The highest BCUT2D eigenvalue weighted by molar-refractivity contribution is 6.29. The number of aromatic nitrogens is 1. The number of pyridine rings is 1. The van der Waals surface area contributed by atoms with Gasteiger partial charge in [-0.15, -0.1) is 0 Å². The fraction of sp³-hybridized carbons (Fsp3) is 0.333. The standard InChI is InChI=1S/C18H21ClN2O3/c1-4-23-15-8-6-13(10-16(15)24-5-2)12(3)21-18(22)14-7-9-17(19)20-11-14/h6-12H,4-5H2,1-3H3,(H,21,22)/t12-/m1/s1. The number of nitrogens with one attached hydrogen (secondary N) is 1. The molecular formula is C18H21ClN2O3. The molecule has 1 N–H and O–H groups in total. The number of hydrogen-bond acceptors (Lipinski definition) is 4. The molecule has 5 nitrogen and oxygen atoms in total. The van der Waals surface area contributed by atoms with E-state index in [1.807, 2.05) is 39.0 Å². The van der Waals surface area contributed by atoms with Gasteiger partial charge in [-0.25, -0.2) is 4.98 Å². The summed E-state index contributed by atoms with van der Waals surface area (Å²) in [5.41, 5.74) is 1.39. The van der Waals surface area contributed by atoms with Crippen LogP contribution in [0.4, 0.5) is 0 Å². The summed E-state index contributed by atoms with van der Waals surface area (Å²) in [6, 6.07) is 8.70. The number of benzene rings is 1. The van der Waals surface area contributed by atoms with Gasteiger partial charge in [-0.2, -0.15) is 0 Å². The first-order valence-corrected chi connectivity index (χ1v) is 8.24. The van der Waals surface area contributed by atoms with E-state index >= 15 is 0 Å². The molecule has 1 heterocycles. The van der Waals surface area contributed by atoms with E-state index in [0.717, 1.165) is 5.56 Å². The molecule has 0 saturated heterocycles. The number of rotatable bonds is 7. The molecular weight excluding hydrogens is 328 g/mol. The minimum Gasteiger partial charge on any atom is -0.490 e. The summed E-state index contributed by atoms with van der Waals surface area (Å²) >= 11 is 5.74. The van der Waals surface area contributed by atoms with Gasteiger partial charge in [0.25, 0.3) is 5.91 Å². The summed E-state index contributed by atoms with van der Waals surface area (Å²) in [6.07, 6.45) is 1.45. The predicted molar refractivity (Wildman–Crippen MR) is 93.9 cm³/mol. The van der Waals surface area contributed by atoms with E-state index in [9.17, 15) is 4.79 Å². The van der Waals surface area contributed by atoms with Gasteiger partial charge in [-0.3, -0.25) is 4.79 Å². The van der Waals surface area contributed by atoms with Crippen LogP contribution < -0.4 is 14.8 Å². The molecule has 0 saturated carbocycles. The van der Waals surface area contributed by atoms with Gasteiger partial charge in [0.15, 0.2) is 11.5 Å². The summed E-state index contributed by atoms with van der Waals surface area (Å²) in [6.45, 7) is 6.86. The highest BCUT2D eigenvalue weighted by Gasteiger charge is 2.14. The molecule has 0 bridgehead atoms. The third kappa shape index (κ3) is 4.61. The summed E-state index contributed by atoms with van der Waals surface area (Å²) in [5.74, 6) is 1.16. The Kier molecular flexibility index (Phi) is 6.44. The van der Waals surface area contributed by atoms with Crippen LogP contribution in [0.2, 0.25) is 5.15 Å². The quantitative estimate of drug-likeness (QED) is 0.767. The Balaban J connectivity index is 2.13. The molecule has 6 heteroatoms. The SMILES string of the molecule is CCOc1ccc([C@@H](C)NC(=O)c2ccc(Cl)nc2)cc1OCC. The maximum atomic E-state index is 12.3. The number of carbonyl (C=O) groups excluding carboxylic acids is 1. The third-order valence-corrected chi connectivity index (χ3v) is 3.63. The zero-order valence-corrected chi connectivity index (χ0v) is 14.8. The van der Waals surface area contributed by atoms with Gasteiger partial charge >= 0.3 is 0 Å². The lowest BCUT2D eigenvalue weighted by Gasteiger charge is -2.17. The summed E-state index contributed by atoms with van der Waals surface area (Å²) in [4.78, 5) is 16.2. The van der Waals surface area contributed by atoms with Crippen molar-refractivity contribution in [1.29, 1.82) is 0 Å². The molecule has 1 atom stereocenters. The molecule has 0 aliphatic carbocycles. The van der Waals surface area contributed by atoms with Crippen molar-refractivity contribution in [2.45, 2.75) is 26.8 Å². The first kappa shape index (κ1) is 18.1. The Labute approximate surface area is 147 Å². The third-order valence-electron chi connectivity index (χ3n) is 3.40. The number of halogens is 1. The molecule has 0 unspecified atom stereocenters. The minimum absolute atomic E-state index is 0.192. The van der Waals surface area contributed by atoms with Crippen molar-refractivity contribution in [2.24, 2.45) is 0 Å². The van der Waals surface area contributed by atoms with Crippen molar-refractivity contribution in [3.05, 3.63) is 52.8 Å². The van der Waals surface area contributed by atoms with Gasteiger partial charge in [0, 0.05) is 6.20 Å². The van der Waals surface area contributed by atoms with Crippen LogP contribution in [-0.2, 0) is 0 Å². The second kappa shape index (κ2) is 8.55.